The lowest BCUT2D eigenvalue weighted by Crippen LogP contribution is -2.08. The van der Waals surface area contributed by atoms with Crippen molar-refractivity contribution in [3.63, 3.8) is 0 Å². The largest absolute Gasteiger partial charge is 0.461 e. The Kier molecular flexibility index (Phi) is 3.88. The van der Waals surface area contributed by atoms with Gasteiger partial charge in [0.15, 0.2) is 12.0 Å². The Morgan fingerprint density at radius 3 is 2.60 bits per heavy atom. The maximum Gasteiger partial charge on any atom is 0.357 e. The second-order valence-electron chi connectivity index (χ2n) is 3.80. The van der Waals surface area contributed by atoms with Crippen LogP contribution in [0.1, 0.15) is 27.8 Å². The van der Waals surface area contributed by atoms with Gasteiger partial charge in [0.2, 0.25) is 0 Å². The third kappa shape index (κ3) is 2.29. The standard InChI is InChI=1S/C13H10F2N2O3/c1-2-20-13(19)12-7(6-18)11(16-17-12)10-8(14)4-3-5-9(10)15/h3-6H,2H2,1H3,(H,16,17). The van der Waals surface area contributed by atoms with E-state index in [1.54, 1.807) is 6.92 Å². The topological polar surface area (TPSA) is 72.1 Å². The van der Waals surface area contributed by atoms with Gasteiger partial charge < -0.3 is 4.74 Å². The quantitative estimate of drug-likeness (QED) is 0.689. The van der Waals surface area contributed by atoms with Gasteiger partial charge in [-0.05, 0) is 19.1 Å². The van der Waals surface area contributed by atoms with Gasteiger partial charge in [-0.3, -0.25) is 9.89 Å². The molecule has 20 heavy (non-hydrogen) atoms. The summed E-state index contributed by atoms with van der Waals surface area (Å²) in [6.45, 7) is 1.69. The summed E-state index contributed by atoms with van der Waals surface area (Å²) in [6.07, 6.45) is 0.303. The molecule has 0 unspecified atom stereocenters. The number of H-pyrrole nitrogens is 1. The van der Waals surface area contributed by atoms with Crippen molar-refractivity contribution in [2.45, 2.75) is 6.92 Å². The number of ether oxygens (including phenoxy) is 1. The fourth-order valence-corrected chi connectivity index (χ4v) is 1.74. The van der Waals surface area contributed by atoms with E-state index in [-0.39, 0.29) is 23.6 Å². The molecule has 0 saturated heterocycles. The first-order chi connectivity index (χ1) is 9.60. The van der Waals surface area contributed by atoms with E-state index >= 15 is 0 Å². The van der Waals surface area contributed by atoms with Crippen molar-refractivity contribution in [3.05, 3.63) is 41.1 Å². The molecular formula is C13H10F2N2O3. The minimum absolute atomic E-state index is 0.0968. The average Bonchev–Trinajstić information content (AvgIpc) is 2.82. The van der Waals surface area contributed by atoms with Gasteiger partial charge in [-0.25, -0.2) is 13.6 Å². The smallest absolute Gasteiger partial charge is 0.357 e. The van der Waals surface area contributed by atoms with E-state index in [9.17, 15) is 18.4 Å². The van der Waals surface area contributed by atoms with Gasteiger partial charge in [-0.15, -0.1) is 0 Å². The van der Waals surface area contributed by atoms with Crippen molar-refractivity contribution in [1.29, 1.82) is 0 Å². The monoisotopic (exact) mass is 280 g/mol. The molecule has 0 aliphatic heterocycles. The predicted octanol–water partition coefficient (Wildman–Crippen LogP) is 2.34. The SMILES string of the molecule is CCOC(=O)c1[nH]nc(-c2c(F)cccc2F)c1C=O. The van der Waals surface area contributed by atoms with E-state index < -0.39 is 23.2 Å². The van der Waals surface area contributed by atoms with Crippen molar-refractivity contribution in [3.8, 4) is 11.3 Å². The number of nitrogens with one attached hydrogen (secondary N) is 1. The van der Waals surface area contributed by atoms with E-state index in [0.717, 1.165) is 12.1 Å². The van der Waals surface area contributed by atoms with Crippen molar-refractivity contribution in [2.75, 3.05) is 6.61 Å². The maximum absolute atomic E-state index is 13.7. The zero-order valence-corrected chi connectivity index (χ0v) is 10.4. The van der Waals surface area contributed by atoms with E-state index in [1.807, 2.05) is 0 Å². The molecule has 0 saturated carbocycles. The number of nitrogens with zero attached hydrogens (tertiary/aromatic N) is 1. The van der Waals surface area contributed by atoms with E-state index in [1.165, 1.54) is 6.07 Å². The van der Waals surface area contributed by atoms with Crippen LogP contribution in [0.15, 0.2) is 18.2 Å². The Labute approximate surface area is 112 Å². The molecule has 1 aromatic carbocycles. The van der Waals surface area contributed by atoms with Crippen LogP contribution in [0.25, 0.3) is 11.3 Å². The first-order valence-corrected chi connectivity index (χ1v) is 5.75. The number of carbonyl (C=O) groups excluding carboxylic acids is 2. The number of halogens is 2. The van der Waals surface area contributed by atoms with Gasteiger partial charge in [0.1, 0.15) is 17.3 Å². The van der Waals surface area contributed by atoms with Crippen LogP contribution in [-0.2, 0) is 4.74 Å². The molecule has 7 heteroatoms. The lowest BCUT2D eigenvalue weighted by Gasteiger charge is -2.02. The lowest BCUT2D eigenvalue weighted by molar-refractivity contribution is 0.0517. The van der Waals surface area contributed by atoms with Crippen LogP contribution in [-0.4, -0.2) is 29.1 Å². The van der Waals surface area contributed by atoms with Crippen molar-refractivity contribution in [2.24, 2.45) is 0 Å². The number of benzene rings is 1. The van der Waals surface area contributed by atoms with Gasteiger partial charge in [0.05, 0.1) is 17.7 Å². The first kappa shape index (κ1) is 13.9. The molecule has 0 amide bonds. The third-order valence-electron chi connectivity index (χ3n) is 2.60. The Bertz CT molecular complexity index is 647. The predicted molar refractivity (Wildman–Crippen MR) is 65.3 cm³/mol. The number of aromatic nitrogens is 2. The number of carbonyl (C=O) groups is 2. The second-order valence-corrected chi connectivity index (χ2v) is 3.80. The fourth-order valence-electron chi connectivity index (χ4n) is 1.74. The number of rotatable bonds is 4. The highest BCUT2D eigenvalue weighted by Gasteiger charge is 2.24. The molecule has 104 valence electrons. The van der Waals surface area contributed by atoms with Crippen molar-refractivity contribution in [1.82, 2.24) is 10.2 Å². The van der Waals surface area contributed by atoms with Crippen LogP contribution in [0, 0.1) is 11.6 Å². The Morgan fingerprint density at radius 1 is 1.40 bits per heavy atom. The van der Waals surface area contributed by atoms with Crippen molar-refractivity contribution < 1.29 is 23.1 Å². The summed E-state index contributed by atoms with van der Waals surface area (Å²) in [5.41, 5.74) is -1.22. The molecule has 1 heterocycles. The minimum Gasteiger partial charge on any atom is -0.461 e. The minimum atomic E-state index is -0.880. The number of aldehydes is 1. The van der Waals surface area contributed by atoms with Gasteiger partial charge in [0.25, 0.3) is 0 Å². The van der Waals surface area contributed by atoms with Crippen LogP contribution in [0.3, 0.4) is 0 Å². The van der Waals surface area contributed by atoms with E-state index in [2.05, 4.69) is 10.2 Å². The summed E-state index contributed by atoms with van der Waals surface area (Å²) in [5.74, 6) is -2.57. The summed E-state index contributed by atoms with van der Waals surface area (Å²) in [4.78, 5) is 22.7. The molecule has 0 aliphatic carbocycles. The van der Waals surface area contributed by atoms with Crippen LogP contribution in [0.5, 0.6) is 0 Å². The summed E-state index contributed by atoms with van der Waals surface area (Å²) in [7, 11) is 0. The number of hydrogen-bond acceptors (Lipinski definition) is 4. The molecule has 0 bridgehead atoms. The molecule has 0 atom stereocenters. The molecule has 0 spiro atoms. The Balaban J connectivity index is 2.59. The highest BCUT2D eigenvalue weighted by Crippen LogP contribution is 2.28. The maximum atomic E-state index is 13.7. The first-order valence-electron chi connectivity index (χ1n) is 5.75. The van der Waals surface area contributed by atoms with E-state index in [0.29, 0.717) is 6.29 Å². The number of aromatic amines is 1. The molecule has 1 N–H and O–H groups in total. The van der Waals surface area contributed by atoms with Crippen LogP contribution >= 0.6 is 0 Å². The summed E-state index contributed by atoms with van der Waals surface area (Å²) in [5, 5.41) is 5.92. The van der Waals surface area contributed by atoms with Crippen LogP contribution < -0.4 is 0 Å². The fraction of sp³-hybridized carbons (Fsp3) is 0.154. The van der Waals surface area contributed by atoms with Crippen LogP contribution in [0.2, 0.25) is 0 Å². The molecule has 2 rings (SSSR count). The zero-order chi connectivity index (χ0) is 14.7. The molecule has 0 fully saturated rings. The zero-order valence-electron chi connectivity index (χ0n) is 10.4. The molecule has 5 nitrogen and oxygen atoms in total. The normalized spacial score (nSPS) is 10.3. The summed E-state index contributed by atoms with van der Waals surface area (Å²) in [6, 6.07) is 3.26. The van der Waals surface area contributed by atoms with Gasteiger partial charge in [-0.1, -0.05) is 6.07 Å². The van der Waals surface area contributed by atoms with E-state index in [4.69, 9.17) is 4.74 Å². The Hall–Kier alpha value is -2.57. The average molecular weight is 280 g/mol. The highest BCUT2D eigenvalue weighted by molar-refractivity contribution is 6.00. The lowest BCUT2D eigenvalue weighted by atomic mass is 10.1. The second kappa shape index (κ2) is 5.60. The Morgan fingerprint density at radius 2 is 2.05 bits per heavy atom. The highest BCUT2D eigenvalue weighted by atomic mass is 19.1. The molecule has 1 aromatic heterocycles. The van der Waals surface area contributed by atoms with Crippen molar-refractivity contribution >= 4 is 12.3 Å². The van der Waals surface area contributed by atoms with Gasteiger partial charge in [-0.2, -0.15) is 5.10 Å². The van der Waals surface area contributed by atoms with Crippen LogP contribution in [0.4, 0.5) is 8.78 Å². The third-order valence-corrected chi connectivity index (χ3v) is 2.60. The number of esters is 1. The summed E-state index contributed by atoms with van der Waals surface area (Å²) >= 11 is 0. The molecule has 0 radical (unpaired) electrons. The molecule has 0 aliphatic rings. The number of hydrogen-bond donors (Lipinski definition) is 1. The summed E-state index contributed by atoms with van der Waals surface area (Å²) < 4.78 is 32.1. The van der Waals surface area contributed by atoms with Gasteiger partial charge in [0, 0.05) is 0 Å². The molecular weight excluding hydrogens is 270 g/mol. The molecule has 2 aromatic rings. The van der Waals surface area contributed by atoms with Gasteiger partial charge >= 0.3 is 5.97 Å².